The quantitative estimate of drug-likeness (QED) is 0.508. The van der Waals surface area contributed by atoms with Gasteiger partial charge in [0.15, 0.2) is 0 Å². The van der Waals surface area contributed by atoms with Crippen LogP contribution in [0.25, 0.3) is 0 Å². The SMILES string of the molecule is C/C=C(\C)[C@H]1CCC(=O)C1. The molecule has 1 aliphatic rings. The molecule has 1 saturated carbocycles. The van der Waals surface area contributed by atoms with E-state index >= 15 is 0 Å². The summed E-state index contributed by atoms with van der Waals surface area (Å²) in [5, 5.41) is 0. The Balaban J connectivity index is 2.52. The standard InChI is InChI=1S/C9H14O/c1-3-7(2)8-4-5-9(10)6-8/h3,8H,4-6H2,1-2H3/b7-3+/t8-/m0/s1. The largest absolute Gasteiger partial charge is 0.300 e. The molecule has 0 aromatic carbocycles. The number of carbonyl (C=O) groups excluding carboxylic acids is 1. The maximum absolute atomic E-state index is 10.8. The van der Waals surface area contributed by atoms with E-state index in [1.54, 1.807) is 0 Å². The summed E-state index contributed by atoms with van der Waals surface area (Å²) in [5.41, 5.74) is 1.38. The zero-order valence-corrected chi connectivity index (χ0v) is 6.68. The molecule has 1 fully saturated rings. The third-order valence-corrected chi connectivity index (χ3v) is 2.35. The van der Waals surface area contributed by atoms with Crippen LogP contribution >= 0.6 is 0 Å². The minimum absolute atomic E-state index is 0.436. The predicted octanol–water partition coefficient (Wildman–Crippen LogP) is 2.32. The zero-order valence-electron chi connectivity index (χ0n) is 6.68. The first kappa shape index (κ1) is 7.52. The fourth-order valence-corrected chi connectivity index (χ4v) is 1.44. The van der Waals surface area contributed by atoms with E-state index in [0.717, 1.165) is 19.3 Å². The lowest BCUT2D eigenvalue weighted by atomic mass is 9.99. The number of hydrogen-bond donors (Lipinski definition) is 0. The zero-order chi connectivity index (χ0) is 7.56. The highest BCUT2D eigenvalue weighted by atomic mass is 16.1. The van der Waals surface area contributed by atoms with E-state index in [-0.39, 0.29) is 0 Å². The van der Waals surface area contributed by atoms with E-state index in [4.69, 9.17) is 0 Å². The highest BCUT2D eigenvalue weighted by Gasteiger charge is 2.22. The van der Waals surface area contributed by atoms with Crippen molar-refractivity contribution in [2.24, 2.45) is 5.92 Å². The predicted molar refractivity (Wildman–Crippen MR) is 41.8 cm³/mol. The number of hydrogen-bond acceptors (Lipinski definition) is 1. The molecule has 0 aromatic rings. The Morgan fingerprint density at radius 2 is 2.40 bits per heavy atom. The van der Waals surface area contributed by atoms with Crippen LogP contribution in [0, 0.1) is 5.92 Å². The minimum Gasteiger partial charge on any atom is -0.300 e. The van der Waals surface area contributed by atoms with Crippen LogP contribution in [0.1, 0.15) is 33.1 Å². The molecule has 0 heterocycles. The molecule has 0 amide bonds. The number of Topliss-reactive ketones (excluding diaryl/α,β-unsaturated/α-hetero) is 1. The average Bonchev–Trinajstić information content (AvgIpc) is 2.34. The molecule has 0 unspecified atom stereocenters. The van der Waals surface area contributed by atoms with Crippen molar-refractivity contribution >= 4 is 5.78 Å². The molecule has 1 aliphatic carbocycles. The fraction of sp³-hybridized carbons (Fsp3) is 0.667. The van der Waals surface area contributed by atoms with Crippen molar-refractivity contribution in [2.75, 3.05) is 0 Å². The molecule has 0 saturated heterocycles. The first-order valence-electron chi connectivity index (χ1n) is 3.88. The molecule has 0 N–H and O–H groups in total. The first-order chi connectivity index (χ1) is 4.74. The van der Waals surface area contributed by atoms with Crippen LogP contribution in [0.15, 0.2) is 11.6 Å². The number of rotatable bonds is 1. The molecule has 0 aliphatic heterocycles. The second-order valence-corrected chi connectivity index (χ2v) is 3.01. The molecular formula is C9H14O. The van der Waals surface area contributed by atoms with Gasteiger partial charge in [0.2, 0.25) is 0 Å². The Morgan fingerprint density at radius 1 is 1.70 bits per heavy atom. The van der Waals surface area contributed by atoms with Crippen LogP contribution in [-0.2, 0) is 4.79 Å². The van der Waals surface area contributed by atoms with Crippen LogP contribution in [0.2, 0.25) is 0 Å². The maximum Gasteiger partial charge on any atom is 0.133 e. The van der Waals surface area contributed by atoms with E-state index in [1.807, 2.05) is 6.92 Å². The van der Waals surface area contributed by atoms with Crippen LogP contribution in [0.4, 0.5) is 0 Å². The summed E-state index contributed by atoms with van der Waals surface area (Å²) in [4.78, 5) is 10.8. The van der Waals surface area contributed by atoms with Gasteiger partial charge in [-0.1, -0.05) is 11.6 Å². The van der Waals surface area contributed by atoms with Crippen molar-refractivity contribution in [3.63, 3.8) is 0 Å². The summed E-state index contributed by atoms with van der Waals surface area (Å²) >= 11 is 0. The molecule has 1 heteroatoms. The van der Waals surface area contributed by atoms with Crippen LogP contribution in [0.3, 0.4) is 0 Å². The van der Waals surface area contributed by atoms with Gasteiger partial charge in [0.25, 0.3) is 0 Å². The Labute approximate surface area is 62.1 Å². The Kier molecular flexibility index (Phi) is 2.25. The van der Waals surface area contributed by atoms with Gasteiger partial charge in [-0.05, 0) is 26.2 Å². The summed E-state index contributed by atoms with van der Waals surface area (Å²) in [7, 11) is 0. The van der Waals surface area contributed by atoms with Gasteiger partial charge in [0.1, 0.15) is 5.78 Å². The third-order valence-electron chi connectivity index (χ3n) is 2.35. The number of carbonyl (C=O) groups is 1. The molecule has 0 aromatic heterocycles. The van der Waals surface area contributed by atoms with Crippen molar-refractivity contribution in [2.45, 2.75) is 33.1 Å². The van der Waals surface area contributed by atoms with Gasteiger partial charge in [0, 0.05) is 12.8 Å². The smallest absolute Gasteiger partial charge is 0.133 e. The lowest BCUT2D eigenvalue weighted by molar-refractivity contribution is -0.117. The molecular weight excluding hydrogens is 124 g/mol. The van der Waals surface area contributed by atoms with Crippen LogP contribution in [0.5, 0.6) is 0 Å². The first-order valence-corrected chi connectivity index (χ1v) is 3.88. The van der Waals surface area contributed by atoms with Gasteiger partial charge in [-0.15, -0.1) is 0 Å². The fourth-order valence-electron chi connectivity index (χ4n) is 1.44. The number of allylic oxidation sites excluding steroid dienone is 2. The van der Waals surface area contributed by atoms with Gasteiger partial charge in [0.05, 0.1) is 0 Å². The third kappa shape index (κ3) is 1.47. The van der Waals surface area contributed by atoms with Gasteiger partial charge in [-0.25, -0.2) is 0 Å². The Bertz CT molecular complexity index is 168. The van der Waals surface area contributed by atoms with Gasteiger partial charge in [-0.3, -0.25) is 4.79 Å². The van der Waals surface area contributed by atoms with E-state index in [9.17, 15) is 4.79 Å². The van der Waals surface area contributed by atoms with Crippen LogP contribution in [-0.4, -0.2) is 5.78 Å². The summed E-state index contributed by atoms with van der Waals surface area (Å²) in [5.74, 6) is 1.00. The molecule has 56 valence electrons. The summed E-state index contributed by atoms with van der Waals surface area (Å²) in [6, 6.07) is 0. The monoisotopic (exact) mass is 138 g/mol. The van der Waals surface area contributed by atoms with E-state index in [0.29, 0.717) is 11.7 Å². The van der Waals surface area contributed by atoms with Crippen molar-refractivity contribution in [1.82, 2.24) is 0 Å². The van der Waals surface area contributed by atoms with Gasteiger partial charge in [-0.2, -0.15) is 0 Å². The lowest BCUT2D eigenvalue weighted by Crippen LogP contribution is -1.95. The van der Waals surface area contributed by atoms with Crippen molar-refractivity contribution < 1.29 is 4.79 Å². The molecule has 0 bridgehead atoms. The highest BCUT2D eigenvalue weighted by molar-refractivity contribution is 5.81. The molecule has 1 rings (SSSR count). The normalized spacial score (nSPS) is 27.6. The lowest BCUT2D eigenvalue weighted by Gasteiger charge is -2.06. The Hall–Kier alpha value is -0.590. The minimum atomic E-state index is 0.436. The van der Waals surface area contributed by atoms with Crippen molar-refractivity contribution in [3.05, 3.63) is 11.6 Å². The van der Waals surface area contributed by atoms with E-state index < -0.39 is 0 Å². The molecule has 0 radical (unpaired) electrons. The number of ketones is 1. The van der Waals surface area contributed by atoms with Gasteiger partial charge >= 0.3 is 0 Å². The van der Waals surface area contributed by atoms with Crippen molar-refractivity contribution in [3.8, 4) is 0 Å². The summed E-state index contributed by atoms with van der Waals surface area (Å²) in [6.45, 7) is 4.15. The van der Waals surface area contributed by atoms with Gasteiger partial charge < -0.3 is 0 Å². The topological polar surface area (TPSA) is 17.1 Å². The summed E-state index contributed by atoms with van der Waals surface area (Å²) < 4.78 is 0. The molecule has 1 nitrogen and oxygen atoms in total. The molecule has 1 atom stereocenters. The summed E-state index contributed by atoms with van der Waals surface area (Å²) in [6.07, 6.45) is 4.78. The second kappa shape index (κ2) is 3.00. The molecule has 0 spiro atoms. The van der Waals surface area contributed by atoms with Crippen molar-refractivity contribution in [1.29, 1.82) is 0 Å². The second-order valence-electron chi connectivity index (χ2n) is 3.01. The average molecular weight is 138 g/mol. The van der Waals surface area contributed by atoms with E-state index in [1.165, 1.54) is 5.57 Å². The Morgan fingerprint density at radius 3 is 2.80 bits per heavy atom. The highest BCUT2D eigenvalue weighted by Crippen LogP contribution is 2.27. The van der Waals surface area contributed by atoms with E-state index in [2.05, 4.69) is 13.0 Å². The maximum atomic E-state index is 10.8. The van der Waals surface area contributed by atoms with Crippen LogP contribution < -0.4 is 0 Å². The molecule has 10 heavy (non-hydrogen) atoms.